The number of hydrogen-bond acceptors (Lipinski definition) is 3. The summed E-state index contributed by atoms with van der Waals surface area (Å²) in [5.74, 6) is 0.596. The maximum absolute atomic E-state index is 12.2. The fourth-order valence-corrected chi connectivity index (χ4v) is 2.62. The van der Waals surface area contributed by atoms with E-state index in [1.54, 1.807) is 0 Å². The third-order valence-electron chi connectivity index (χ3n) is 3.70. The summed E-state index contributed by atoms with van der Waals surface area (Å²) in [6.45, 7) is 3.98. The number of ether oxygens (including phenoxy) is 1. The van der Waals surface area contributed by atoms with Crippen molar-refractivity contribution in [1.29, 1.82) is 0 Å². The van der Waals surface area contributed by atoms with E-state index in [-0.39, 0.29) is 18.1 Å². The quantitative estimate of drug-likeness (QED) is 0.756. The number of carbonyl (C=O) groups is 1. The topological polar surface area (TPSA) is 55.6 Å². The molecule has 2 aliphatic rings. The zero-order valence-electron chi connectivity index (χ0n) is 10.0. The first kappa shape index (κ1) is 11.9. The molecule has 2 atom stereocenters. The predicted octanol–water partition coefficient (Wildman–Crippen LogP) is 0.751. The van der Waals surface area contributed by atoms with Crippen LogP contribution in [0, 0.1) is 5.92 Å². The van der Waals surface area contributed by atoms with Crippen molar-refractivity contribution in [2.24, 2.45) is 11.7 Å². The van der Waals surface area contributed by atoms with E-state index in [9.17, 15) is 4.79 Å². The van der Waals surface area contributed by atoms with Gasteiger partial charge in [0.25, 0.3) is 0 Å². The van der Waals surface area contributed by atoms with E-state index in [0.717, 1.165) is 19.4 Å². The molecule has 16 heavy (non-hydrogen) atoms. The summed E-state index contributed by atoms with van der Waals surface area (Å²) in [6.07, 6.45) is 4.56. The molecule has 0 aromatic heterocycles. The van der Waals surface area contributed by atoms with E-state index in [2.05, 4.69) is 0 Å². The standard InChI is InChI=1S/C12H22N2O2/c1-9(13)11-8-14(6-7-16-11)12(15)10-4-2-3-5-10/h9-11H,2-8,13H2,1H3. The maximum Gasteiger partial charge on any atom is 0.225 e. The Kier molecular flexibility index (Phi) is 3.82. The smallest absolute Gasteiger partial charge is 0.225 e. The minimum Gasteiger partial charge on any atom is -0.373 e. The molecule has 1 aliphatic carbocycles. The Labute approximate surface area is 97.1 Å². The van der Waals surface area contributed by atoms with Crippen LogP contribution in [-0.2, 0) is 9.53 Å². The molecule has 0 aromatic rings. The van der Waals surface area contributed by atoms with E-state index in [0.29, 0.717) is 19.1 Å². The summed E-state index contributed by atoms with van der Waals surface area (Å²) in [4.78, 5) is 14.1. The molecular weight excluding hydrogens is 204 g/mol. The van der Waals surface area contributed by atoms with Gasteiger partial charge >= 0.3 is 0 Å². The van der Waals surface area contributed by atoms with Crippen LogP contribution >= 0.6 is 0 Å². The lowest BCUT2D eigenvalue weighted by molar-refractivity contribution is -0.143. The second-order valence-electron chi connectivity index (χ2n) is 5.03. The first-order valence-electron chi connectivity index (χ1n) is 6.34. The minimum atomic E-state index is -0.000761. The molecule has 1 heterocycles. The van der Waals surface area contributed by atoms with E-state index in [4.69, 9.17) is 10.5 Å². The molecule has 4 heteroatoms. The lowest BCUT2D eigenvalue weighted by Crippen LogP contribution is -2.52. The lowest BCUT2D eigenvalue weighted by atomic mass is 10.1. The number of amides is 1. The molecule has 1 saturated carbocycles. The van der Waals surface area contributed by atoms with Crippen LogP contribution in [0.3, 0.4) is 0 Å². The van der Waals surface area contributed by atoms with Gasteiger partial charge in [-0.3, -0.25) is 4.79 Å². The first-order valence-corrected chi connectivity index (χ1v) is 6.34. The SMILES string of the molecule is CC(N)C1CN(C(=O)C2CCCC2)CCO1. The van der Waals surface area contributed by atoms with Crippen molar-refractivity contribution in [3.8, 4) is 0 Å². The maximum atomic E-state index is 12.2. The second-order valence-corrected chi connectivity index (χ2v) is 5.03. The molecular formula is C12H22N2O2. The Morgan fingerprint density at radius 3 is 2.75 bits per heavy atom. The number of nitrogens with zero attached hydrogens (tertiary/aromatic N) is 1. The van der Waals surface area contributed by atoms with Crippen molar-refractivity contribution in [2.75, 3.05) is 19.7 Å². The van der Waals surface area contributed by atoms with Gasteiger partial charge in [0, 0.05) is 25.0 Å². The van der Waals surface area contributed by atoms with Gasteiger partial charge in [-0.15, -0.1) is 0 Å². The zero-order valence-corrected chi connectivity index (χ0v) is 10.0. The molecule has 0 spiro atoms. The van der Waals surface area contributed by atoms with Gasteiger partial charge in [-0.25, -0.2) is 0 Å². The molecule has 1 saturated heterocycles. The van der Waals surface area contributed by atoms with Crippen molar-refractivity contribution in [2.45, 2.75) is 44.8 Å². The third kappa shape index (κ3) is 2.55. The summed E-state index contributed by atoms with van der Waals surface area (Å²) in [6, 6.07) is -0.000761. The van der Waals surface area contributed by atoms with Crippen molar-refractivity contribution in [3.63, 3.8) is 0 Å². The zero-order chi connectivity index (χ0) is 11.5. The van der Waals surface area contributed by atoms with Gasteiger partial charge < -0.3 is 15.4 Å². The molecule has 0 bridgehead atoms. The van der Waals surface area contributed by atoms with Gasteiger partial charge in [0.05, 0.1) is 12.7 Å². The molecule has 2 fully saturated rings. The monoisotopic (exact) mass is 226 g/mol. The van der Waals surface area contributed by atoms with E-state index < -0.39 is 0 Å². The van der Waals surface area contributed by atoms with Crippen LogP contribution in [0.15, 0.2) is 0 Å². The van der Waals surface area contributed by atoms with Crippen LogP contribution in [0.5, 0.6) is 0 Å². The molecule has 2 unspecified atom stereocenters. The van der Waals surface area contributed by atoms with E-state index in [1.807, 2.05) is 11.8 Å². The summed E-state index contributed by atoms with van der Waals surface area (Å²) in [7, 11) is 0. The Bertz CT molecular complexity index is 249. The third-order valence-corrected chi connectivity index (χ3v) is 3.70. The van der Waals surface area contributed by atoms with Gasteiger partial charge in [-0.2, -0.15) is 0 Å². The summed E-state index contributed by atoms with van der Waals surface area (Å²) in [5.41, 5.74) is 5.82. The molecule has 4 nitrogen and oxygen atoms in total. The predicted molar refractivity (Wildman–Crippen MR) is 61.9 cm³/mol. The minimum absolute atomic E-state index is 0.000761. The van der Waals surface area contributed by atoms with Crippen molar-refractivity contribution >= 4 is 5.91 Å². The molecule has 1 amide bonds. The molecule has 2 rings (SSSR count). The fraction of sp³-hybridized carbons (Fsp3) is 0.917. The number of hydrogen-bond donors (Lipinski definition) is 1. The Balaban J connectivity index is 1.90. The largest absolute Gasteiger partial charge is 0.373 e. The molecule has 2 N–H and O–H groups in total. The van der Waals surface area contributed by atoms with Gasteiger partial charge in [0.15, 0.2) is 0 Å². The van der Waals surface area contributed by atoms with Gasteiger partial charge in [0.1, 0.15) is 0 Å². The normalized spacial score (nSPS) is 29.4. The fourth-order valence-electron chi connectivity index (χ4n) is 2.62. The number of carbonyl (C=O) groups excluding carboxylic acids is 1. The second kappa shape index (κ2) is 5.15. The van der Waals surface area contributed by atoms with Crippen LogP contribution in [0.25, 0.3) is 0 Å². The van der Waals surface area contributed by atoms with Gasteiger partial charge in [0.2, 0.25) is 5.91 Å². The molecule has 0 aromatic carbocycles. The lowest BCUT2D eigenvalue weighted by Gasteiger charge is -2.36. The molecule has 0 radical (unpaired) electrons. The number of rotatable bonds is 2. The summed E-state index contributed by atoms with van der Waals surface area (Å²) in [5, 5.41) is 0. The van der Waals surface area contributed by atoms with Gasteiger partial charge in [-0.05, 0) is 19.8 Å². The molecule has 92 valence electrons. The van der Waals surface area contributed by atoms with E-state index in [1.165, 1.54) is 12.8 Å². The summed E-state index contributed by atoms with van der Waals surface area (Å²) < 4.78 is 5.56. The first-order chi connectivity index (χ1) is 7.68. The summed E-state index contributed by atoms with van der Waals surface area (Å²) >= 11 is 0. The van der Waals surface area contributed by atoms with Crippen LogP contribution in [0.1, 0.15) is 32.6 Å². The highest BCUT2D eigenvalue weighted by Crippen LogP contribution is 2.27. The highest BCUT2D eigenvalue weighted by atomic mass is 16.5. The molecule has 1 aliphatic heterocycles. The average Bonchev–Trinajstić information content (AvgIpc) is 2.81. The number of morpholine rings is 1. The van der Waals surface area contributed by atoms with Crippen LogP contribution < -0.4 is 5.73 Å². The highest BCUT2D eigenvalue weighted by Gasteiger charge is 2.31. The van der Waals surface area contributed by atoms with Crippen molar-refractivity contribution in [3.05, 3.63) is 0 Å². The average molecular weight is 226 g/mol. The van der Waals surface area contributed by atoms with E-state index >= 15 is 0 Å². The van der Waals surface area contributed by atoms with Crippen LogP contribution in [0.4, 0.5) is 0 Å². The van der Waals surface area contributed by atoms with Crippen LogP contribution in [0.2, 0.25) is 0 Å². The Morgan fingerprint density at radius 2 is 2.12 bits per heavy atom. The number of nitrogens with two attached hydrogens (primary N) is 1. The van der Waals surface area contributed by atoms with Gasteiger partial charge in [-0.1, -0.05) is 12.8 Å². The van der Waals surface area contributed by atoms with Crippen molar-refractivity contribution in [1.82, 2.24) is 4.90 Å². The van der Waals surface area contributed by atoms with Crippen molar-refractivity contribution < 1.29 is 9.53 Å². The van der Waals surface area contributed by atoms with Crippen LogP contribution in [-0.4, -0.2) is 42.6 Å². The Morgan fingerprint density at radius 1 is 1.44 bits per heavy atom. The highest BCUT2D eigenvalue weighted by molar-refractivity contribution is 5.79. The Hall–Kier alpha value is -0.610.